The Bertz CT molecular complexity index is 739. The number of nitrogens with zero attached hydrogens (tertiary/aromatic N) is 2. The lowest BCUT2D eigenvalue weighted by atomic mass is 10.1. The van der Waals surface area contributed by atoms with Crippen molar-refractivity contribution < 1.29 is 17.7 Å². The van der Waals surface area contributed by atoms with Crippen LogP contribution < -0.4 is 4.72 Å². The van der Waals surface area contributed by atoms with Crippen molar-refractivity contribution in [2.24, 2.45) is 0 Å². The van der Waals surface area contributed by atoms with E-state index in [1.54, 1.807) is 25.1 Å². The summed E-state index contributed by atoms with van der Waals surface area (Å²) in [4.78, 5) is 4.15. The molecule has 0 atom stereocenters. The minimum Gasteiger partial charge on any atom is -0.372 e. The van der Waals surface area contributed by atoms with Gasteiger partial charge in [-0.2, -0.15) is 4.98 Å². The maximum absolute atomic E-state index is 12.2. The molecule has 1 aliphatic rings. The van der Waals surface area contributed by atoms with Crippen LogP contribution in [-0.2, 0) is 34.5 Å². The summed E-state index contributed by atoms with van der Waals surface area (Å²) in [5.41, 5.74) is 1.93. The second-order valence-electron chi connectivity index (χ2n) is 4.48. The maximum atomic E-state index is 12.2. The number of aryl methyl sites for hydroxylation is 1. The number of hydrogen-bond acceptors (Lipinski definition) is 6. The Kier molecular flexibility index (Phi) is 3.28. The lowest BCUT2D eigenvalue weighted by Crippen LogP contribution is -2.23. The highest BCUT2D eigenvalue weighted by Gasteiger charge is 2.19. The summed E-state index contributed by atoms with van der Waals surface area (Å²) in [5, 5.41) is 3.60. The quantitative estimate of drug-likeness (QED) is 0.900. The Morgan fingerprint density at radius 3 is 2.85 bits per heavy atom. The lowest BCUT2D eigenvalue weighted by Gasteiger charge is -2.06. The van der Waals surface area contributed by atoms with Crippen LogP contribution in [0.4, 0.5) is 0 Å². The van der Waals surface area contributed by atoms with Crippen LogP contribution in [0.2, 0.25) is 0 Å². The summed E-state index contributed by atoms with van der Waals surface area (Å²) in [6.45, 7) is 2.62. The first-order valence-electron chi connectivity index (χ1n) is 6.03. The zero-order valence-electron chi connectivity index (χ0n) is 10.8. The van der Waals surface area contributed by atoms with Crippen molar-refractivity contribution >= 4 is 10.0 Å². The molecule has 0 spiro atoms. The summed E-state index contributed by atoms with van der Waals surface area (Å²) in [6, 6.07) is 4.96. The summed E-state index contributed by atoms with van der Waals surface area (Å²) in [5.74, 6) is 0.699. The molecule has 0 aliphatic carbocycles. The Hall–Kier alpha value is -1.77. The molecule has 1 aliphatic heterocycles. The number of sulfonamides is 1. The predicted molar refractivity (Wildman–Crippen MR) is 68.0 cm³/mol. The third-order valence-corrected chi connectivity index (χ3v) is 4.39. The van der Waals surface area contributed by atoms with E-state index in [1.807, 2.05) is 0 Å². The summed E-state index contributed by atoms with van der Waals surface area (Å²) < 4.78 is 36.9. The number of aromatic nitrogens is 2. The fourth-order valence-corrected chi connectivity index (χ4v) is 2.99. The first-order valence-corrected chi connectivity index (χ1v) is 7.51. The van der Waals surface area contributed by atoms with Crippen molar-refractivity contribution in [2.45, 2.75) is 31.6 Å². The van der Waals surface area contributed by atoms with Gasteiger partial charge in [-0.15, -0.1) is 0 Å². The molecule has 8 heteroatoms. The molecule has 0 fully saturated rings. The molecule has 20 heavy (non-hydrogen) atoms. The van der Waals surface area contributed by atoms with Gasteiger partial charge in [0.25, 0.3) is 0 Å². The molecule has 2 heterocycles. The molecule has 0 unspecified atom stereocenters. The van der Waals surface area contributed by atoms with Crippen molar-refractivity contribution in [3.8, 4) is 0 Å². The molecule has 1 N–H and O–H groups in total. The fourth-order valence-electron chi connectivity index (χ4n) is 1.97. The summed E-state index contributed by atoms with van der Waals surface area (Å²) >= 11 is 0. The zero-order chi connectivity index (χ0) is 14.2. The van der Waals surface area contributed by atoms with Crippen molar-refractivity contribution in [1.82, 2.24) is 14.9 Å². The number of fused-ring (bicyclic) bond motifs is 1. The van der Waals surface area contributed by atoms with Gasteiger partial charge in [-0.1, -0.05) is 11.2 Å². The van der Waals surface area contributed by atoms with E-state index in [-0.39, 0.29) is 17.3 Å². The van der Waals surface area contributed by atoms with Crippen molar-refractivity contribution in [3.05, 3.63) is 41.0 Å². The molecule has 0 saturated carbocycles. The first kappa shape index (κ1) is 13.2. The molecule has 3 rings (SSSR count). The molecule has 0 bridgehead atoms. The third-order valence-electron chi connectivity index (χ3n) is 2.99. The van der Waals surface area contributed by atoms with Crippen LogP contribution in [0.1, 0.15) is 22.8 Å². The van der Waals surface area contributed by atoms with Gasteiger partial charge in [0.05, 0.1) is 24.7 Å². The molecule has 0 saturated heterocycles. The molecular weight excluding hydrogens is 282 g/mol. The lowest BCUT2D eigenvalue weighted by molar-refractivity contribution is 0.134. The highest BCUT2D eigenvalue weighted by atomic mass is 32.2. The SMILES string of the molecule is Cc1noc(CNS(=O)(=O)c2ccc3c(c2)COC3)n1. The molecule has 1 aromatic heterocycles. The van der Waals surface area contributed by atoms with Crippen LogP contribution in [0.5, 0.6) is 0 Å². The van der Waals surface area contributed by atoms with Gasteiger partial charge in [0.1, 0.15) is 0 Å². The van der Waals surface area contributed by atoms with E-state index in [0.717, 1.165) is 11.1 Å². The highest BCUT2D eigenvalue weighted by molar-refractivity contribution is 7.89. The number of ether oxygens (including phenoxy) is 1. The van der Waals surface area contributed by atoms with Crippen LogP contribution in [0.3, 0.4) is 0 Å². The Balaban J connectivity index is 1.78. The van der Waals surface area contributed by atoms with E-state index < -0.39 is 10.0 Å². The second-order valence-corrected chi connectivity index (χ2v) is 6.25. The molecule has 1 aromatic carbocycles. The minimum absolute atomic E-state index is 0.0310. The van der Waals surface area contributed by atoms with Crippen LogP contribution >= 0.6 is 0 Å². The normalized spacial score (nSPS) is 14.4. The van der Waals surface area contributed by atoms with Gasteiger partial charge < -0.3 is 9.26 Å². The van der Waals surface area contributed by atoms with Gasteiger partial charge >= 0.3 is 0 Å². The fraction of sp³-hybridized carbons (Fsp3) is 0.333. The van der Waals surface area contributed by atoms with Gasteiger partial charge in [0, 0.05) is 0 Å². The van der Waals surface area contributed by atoms with Crippen molar-refractivity contribution in [2.75, 3.05) is 0 Å². The van der Waals surface area contributed by atoms with Crippen LogP contribution in [0, 0.1) is 6.92 Å². The highest BCUT2D eigenvalue weighted by Crippen LogP contribution is 2.23. The maximum Gasteiger partial charge on any atom is 0.241 e. The predicted octanol–water partition coefficient (Wildman–Crippen LogP) is 0.887. The monoisotopic (exact) mass is 295 g/mol. The molecule has 106 valence electrons. The average molecular weight is 295 g/mol. The standard InChI is InChI=1S/C12H13N3O4S/c1-8-14-12(19-15-8)5-13-20(16,17)11-3-2-9-6-18-7-10(9)4-11/h2-4,13H,5-7H2,1H3. The average Bonchev–Trinajstić information content (AvgIpc) is 3.04. The van der Waals surface area contributed by atoms with E-state index in [9.17, 15) is 8.42 Å². The first-order chi connectivity index (χ1) is 9.54. The third kappa shape index (κ3) is 2.58. The minimum atomic E-state index is -3.60. The molecular formula is C12H13N3O4S. The number of rotatable bonds is 4. The van der Waals surface area contributed by atoms with Gasteiger partial charge in [-0.3, -0.25) is 0 Å². The van der Waals surface area contributed by atoms with Crippen LogP contribution in [-0.4, -0.2) is 18.6 Å². The van der Waals surface area contributed by atoms with Gasteiger partial charge in [0.2, 0.25) is 15.9 Å². The second kappa shape index (κ2) is 4.97. The van der Waals surface area contributed by atoms with E-state index in [2.05, 4.69) is 14.9 Å². The molecule has 2 aromatic rings. The molecule has 0 amide bonds. The van der Waals surface area contributed by atoms with Crippen LogP contribution in [0.15, 0.2) is 27.6 Å². The van der Waals surface area contributed by atoms with E-state index in [4.69, 9.17) is 9.26 Å². The zero-order valence-corrected chi connectivity index (χ0v) is 11.6. The van der Waals surface area contributed by atoms with Gasteiger partial charge in [0.15, 0.2) is 5.82 Å². The van der Waals surface area contributed by atoms with Crippen molar-refractivity contribution in [1.29, 1.82) is 0 Å². The number of benzene rings is 1. The summed E-state index contributed by atoms with van der Waals surface area (Å²) in [7, 11) is -3.60. The van der Waals surface area contributed by atoms with E-state index in [1.165, 1.54) is 0 Å². The Labute approximate surface area is 116 Å². The Morgan fingerprint density at radius 1 is 1.30 bits per heavy atom. The number of nitrogens with one attached hydrogen (secondary N) is 1. The topological polar surface area (TPSA) is 94.3 Å². The smallest absolute Gasteiger partial charge is 0.241 e. The number of hydrogen-bond donors (Lipinski definition) is 1. The molecule has 0 radical (unpaired) electrons. The van der Waals surface area contributed by atoms with E-state index in [0.29, 0.717) is 19.0 Å². The largest absolute Gasteiger partial charge is 0.372 e. The van der Waals surface area contributed by atoms with E-state index >= 15 is 0 Å². The van der Waals surface area contributed by atoms with Crippen molar-refractivity contribution in [3.63, 3.8) is 0 Å². The Morgan fingerprint density at radius 2 is 2.10 bits per heavy atom. The van der Waals surface area contributed by atoms with Crippen LogP contribution in [0.25, 0.3) is 0 Å². The van der Waals surface area contributed by atoms with Gasteiger partial charge in [-0.25, -0.2) is 13.1 Å². The molecule has 7 nitrogen and oxygen atoms in total. The van der Waals surface area contributed by atoms with Gasteiger partial charge in [-0.05, 0) is 30.2 Å². The summed E-state index contributed by atoms with van der Waals surface area (Å²) in [6.07, 6.45) is 0.